The van der Waals surface area contributed by atoms with E-state index in [1.807, 2.05) is 48.5 Å². The number of anilines is 1. The average Bonchev–Trinajstić information content (AvgIpc) is 3.13. The molecule has 0 unspecified atom stereocenters. The first kappa shape index (κ1) is 21.7. The molecule has 170 valence electrons. The molecule has 1 fully saturated rings. The van der Waals surface area contributed by atoms with Gasteiger partial charge in [0.1, 0.15) is 5.75 Å². The predicted molar refractivity (Wildman–Crippen MR) is 135 cm³/mol. The number of carbonyl (C=O) groups is 3. The molecule has 0 radical (unpaired) electrons. The zero-order valence-electron chi connectivity index (χ0n) is 18.3. The van der Waals surface area contributed by atoms with E-state index in [0.29, 0.717) is 17.0 Å². The van der Waals surface area contributed by atoms with Crippen molar-refractivity contribution in [3.8, 4) is 5.75 Å². The van der Waals surface area contributed by atoms with Gasteiger partial charge in [0.2, 0.25) is 11.8 Å². The van der Waals surface area contributed by atoms with E-state index in [1.165, 1.54) is 18.9 Å². The van der Waals surface area contributed by atoms with Crippen LogP contribution in [0.3, 0.4) is 0 Å². The highest BCUT2D eigenvalue weighted by Gasteiger charge is 2.72. The summed E-state index contributed by atoms with van der Waals surface area (Å²) in [5.41, 5.74) is 4.58. The van der Waals surface area contributed by atoms with Crippen molar-refractivity contribution in [3.63, 3.8) is 0 Å². The monoisotopic (exact) mass is 579 g/mol. The van der Waals surface area contributed by atoms with E-state index < -0.39 is 20.5 Å². The summed E-state index contributed by atoms with van der Waals surface area (Å²) < 4.78 is 3.77. The van der Waals surface area contributed by atoms with Crippen molar-refractivity contribution < 1.29 is 19.1 Å². The van der Waals surface area contributed by atoms with Crippen molar-refractivity contribution in [2.75, 3.05) is 12.0 Å². The molecular formula is C27H19Br2NO4. The average molecular weight is 581 g/mol. The van der Waals surface area contributed by atoms with E-state index in [4.69, 9.17) is 4.74 Å². The minimum absolute atomic E-state index is 0.158. The van der Waals surface area contributed by atoms with Crippen LogP contribution < -0.4 is 9.64 Å². The summed E-state index contributed by atoms with van der Waals surface area (Å²) in [6.07, 6.45) is 0. The molecule has 0 saturated carbocycles. The molecule has 3 aromatic rings. The molecule has 34 heavy (non-hydrogen) atoms. The zero-order valence-corrected chi connectivity index (χ0v) is 21.5. The fourth-order valence-corrected chi connectivity index (χ4v) is 8.29. The maximum Gasteiger partial charge on any atom is 0.240 e. The third-order valence-corrected chi connectivity index (χ3v) is 10.1. The molecule has 2 atom stereocenters. The largest absolute Gasteiger partial charge is 0.495 e. The second kappa shape index (κ2) is 7.12. The van der Waals surface area contributed by atoms with Crippen LogP contribution in [0, 0.1) is 11.8 Å². The fourth-order valence-electron chi connectivity index (χ4n) is 5.99. The molecule has 1 aliphatic heterocycles. The number of imide groups is 1. The summed E-state index contributed by atoms with van der Waals surface area (Å²) in [6, 6.07) is 20.7. The molecule has 0 spiro atoms. The third kappa shape index (κ3) is 2.41. The lowest BCUT2D eigenvalue weighted by atomic mass is 9.54. The summed E-state index contributed by atoms with van der Waals surface area (Å²) in [7, 11) is 1.48. The molecule has 3 aromatic carbocycles. The van der Waals surface area contributed by atoms with Gasteiger partial charge in [-0.2, -0.15) is 0 Å². The lowest BCUT2D eigenvalue weighted by Gasteiger charge is -2.55. The van der Waals surface area contributed by atoms with Crippen LogP contribution in [0.4, 0.5) is 5.69 Å². The quantitative estimate of drug-likeness (QED) is 0.239. The van der Waals surface area contributed by atoms with Crippen LogP contribution in [0.25, 0.3) is 0 Å². The highest BCUT2D eigenvalue weighted by Crippen LogP contribution is 2.71. The summed E-state index contributed by atoms with van der Waals surface area (Å²) in [4.78, 5) is 41.6. The van der Waals surface area contributed by atoms with Gasteiger partial charge >= 0.3 is 0 Å². The Hall–Kier alpha value is -2.77. The topological polar surface area (TPSA) is 63.7 Å². The van der Waals surface area contributed by atoms with Gasteiger partial charge < -0.3 is 4.74 Å². The Labute approximate surface area is 213 Å². The fraction of sp³-hybridized carbons (Fsp3) is 0.222. The number of rotatable bonds is 3. The van der Waals surface area contributed by atoms with Crippen molar-refractivity contribution in [1.82, 2.24) is 0 Å². The van der Waals surface area contributed by atoms with Gasteiger partial charge in [0, 0.05) is 5.56 Å². The Morgan fingerprint density at radius 3 is 1.65 bits per heavy atom. The van der Waals surface area contributed by atoms with Crippen molar-refractivity contribution >= 4 is 55.1 Å². The molecular weight excluding hydrogens is 562 g/mol. The highest BCUT2D eigenvalue weighted by molar-refractivity contribution is 9.10. The van der Waals surface area contributed by atoms with Crippen molar-refractivity contribution in [1.29, 1.82) is 0 Å². The molecule has 1 saturated heterocycles. The smallest absolute Gasteiger partial charge is 0.240 e. The van der Waals surface area contributed by atoms with E-state index in [2.05, 4.69) is 31.9 Å². The van der Waals surface area contributed by atoms with Crippen LogP contribution in [-0.2, 0) is 18.2 Å². The van der Waals surface area contributed by atoms with Crippen LogP contribution >= 0.6 is 31.9 Å². The van der Waals surface area contributed by atoms with Crippen molar-refractivity contribution in [2.45, 2.75) is 15.6 Å². The van der Waals surface area contributed by atoms with Crippen LogP contribution in [0.1, 0.15) is 39.5 Å². The Morgan fingerprint density at radius 1 is 0.824 bits per heavy atom. The van der Waals surface area contributed by atoms with Gasteiger partial charge in [-0.1, -0.05) is 80.4 Å². The lowest BCUT2D eigenvalue weighted by molar-refractivity contribution is -0.122. The number of carbonyl (C=O) groups excluding carboxylic acids is 3. The predicted octanol–water partition coefficient (Wildman–Crippen LogP) is 5.31. The number of benzene rings is 3. The van der Waals surface area contributed by atoms with E-state index in [1.54, 1.807) is 18.2 Å². The lowest BCUT2D eigenvalue weighted by Crippen LogP contribution is -2.56. The minimum Gasteiger partial charge on any atom is -0.495 e. The summed E-state index contributed by atoms with van der Waals surface area (Å²) in [5.74, 6) is -1.81. The number of hydrogen-bond donors (Lipinski definition) is 0. The number of amides is 2. The van der Waals surface area contributed by atoms with Gasteiger partial charge in [-0.3, -0.25) is 14.4 Å². The normalized spacial score (nSPS) is 28.4. The maximum atomic E-state index is 14.2. The van der Waals surface area contributed by atoms with E-state index in [0.717, 1.165) is 22.3 Å². The first-order valence-electron chi connectivity index (χ1n) is 10.9. The van der Waals surface area contributed by atoms with E-state index >= 15 is 0 Å². The number of nitrogens with zero attached hydrogens (tertiary/aromatic N) is 1. The van der Waals surface area contributed by atoms with Gasteiger partial charge in [0.25, 0.3) is 0 Å². The number of ether oxygens (including phenoxy) is 1. The summed E-state index contributed by atoms with van der Waals surface area (Å²) >= 11 is 7.99. The third-order valence-electron chi connectivity index (χ3n) is 7.41. The first-order valence-corrected chi connectivity index (χ1v) is 12.5. The first-order chi connectivity index (χ1) is 16.3. The minimum atomic E-state index is -0.868. The molecule has 7 rings (SSSR count). The Balaban J connectivity index is 1.63. The highest BCUT2D eigenvalue weighted by atomic mass is 79.9. The van der Waals surface area contributed by atoms with Crippen LogP contribution in [0.2, 0.25) is 0 Å². The van der Waals surface area contributed by atoms with Gasteiger partial charge in [-0.05, 0) is 47.4 Å². The van der Waals surface area contributed by atoms with E-state index in [9.17, 15) is 14.4 Å². The number of halogens is 2. The summed E-state index contributed by atoms with van der Waals surface area (Å²) in [6.45, 7) is 1.45. The van der Waals surface area contributed by atoms with Crippen molar-refractivity contribution in [2.24, 2.45) is 11.8 Å². The van der Waals surface area contributed by atoms with Crippen molar-refractivity contribution in [3.05, 3.63) is 94.5 Å². The molecule has 7 heteroatoms. The molecule has 5 nitrogen and oxygen atoms in total. The molecule has 3 aliphatic carbocycles. The van der Waals surface area contributed by atoms with Crippen LogP contribution in [-0.4, -0.2) is 24.7 Å². The number of methoxy groups -OCH3 is 1. The Morgan fingerprint density at radius 2 is 1.26 bits per heavy atom. The maximum absolute atomic E-state index is 14.2. The number of ketones is 1. The Bertz CT molecular complexity index is 1310. The molecule has 0 aromatic heterocycles. The van der Waals surface area contributed by atoms with Crippen LogP contribution in [0.5, 0.6) is 5.75 Å². The second-order valence-electron chi connectivity index (χ2n) is 8.92. The molecule has 1 heterocycles. The summed E-state index contributed by atoms with van der Waals surface area (Å²) in [5, 5.41) is 0. The molecule has 2 amide bonds. The SMILES string of the molecule is COc1ccc(C(C)=O)cc1N1C(=O)[C@@H]2[C@@H](C1=O)C1(Br)c3ccccc3C2(Br)c2ccccc21. The standard InChI is InChI=1S/C27H19Br2NO4/c1-14(31)15-11-12-21(34-2)20(13-15)30-24(32)22-23(25(30)33)27(29)17-8-4-3-7-16(17)26(22,28)18-9-5-6-10-19(18)27/h3-13,22-23H,1-2H3/t22-,23-,26?,27?/m0/s1. The van der Waals surface area contributed by atoms with Crippen LogP contribution in [0.15, 0.2) is 66.7 Å². The molecule has 0 N–H and O–H groups in total. The second-order valence-corrected chi connectivity index (χ2v) is 11.4. The number of Topliss-reactive ketones (excluding diaryl/α,β-unsaturated/α-hetero) is 1. The van der Waals surface area contributed by atoms with Gasteiger partial charge in [-0.25, -0.2) is 4.90 Å². The Kier molecular flexibility index (Phi) is 4.55. The van der Waals surface area contributed by atoms with Gasteiger partial charge in [0.05, 0.1) is 33.3 Å². The van der Waals surface area contributed by atoms with E-state index in [-0.39, 0.29) is 17.6 Å². The van der Waals surface area contributed by atoms with Gasteiger partial charge in [-0.15, -0.1) is 0 Å². The van der Waals surface area contributed by atoms with Gasteiger partial charge in [0.15, 0.2) is 5.78 Å². The number of alkyl halides is 2. The molecule has 4 aliphatic rings. The zero-order chi connectivity index (χ0) is 24.0. The number of hydrogen-bond acceptors (Lipinski definition) is 4. The molecule has 2 bridgehead atoms.